The molecular weight excluding hydrogens is 280 g/mol. The van der Waals surface area contributed by atoms with Gasteiger partial charge in [-0.25, -0.2) is 0 Å². The number of aliphatic hydroxyl groups excluding tert-OH is 2. The normalized spacial score (nSPS) is 22.4. The first kappa shape index (κ1) is 11.8. The molecule has 0 spiro atoms. The molecule has 0 heterocycles. The number of halogens is 2. The lowest BCUT2D eigenvalue weighted by Gasteiger charge is -2.20. The molecule has 0 saturated carbocycles. The fraction of sp³-hybridized carbons (Fsp3) is 1.00. The molecular formula is C6H12Br2O3. The highest BCUT2D eigenvalue weighted by Crippen LogP contribution is 2.16. The molecule has 0 aromatic heterocycles. The summed E-state index contributed by atoms with van der Waals surface area (Å²) >= 11 is 6.20. The summed E-state index contributed by atoms with van der Waals surface area (Å²) in [5.41, 5.74) is 0. The fourth-order valence-corrected chi connectivity index (χ4v) is 1.11. The third-order valence-electron chi connectivity index (χ3n) is 1.02. The van der Waals surface area contributed by atoms with Crippen LogP contribution in [0.5, 0.6) is 0 Å². The molecule has 0 saturated heterocycles. The van der Waals surface area contributed by atoms with Gasteiger partial charge < -0.3 is 14.9 Å². The highest BCUT2D eigenvalue weighted by molar-refractivity contribution is 9.10. The van der Waals surface area contributed by atoms with Crippen LogP contribution in [-0.4, -0.2) is 32.4 Å². The Morgan fingerprint density at radius 2 is 1.27 bits per heavy atom. The first-order valence-corrected chi connectivity index (χ1v) is 5.08. The Bertz CT molecular complexity index is 96.0. The first-order valence-electron chi connectivity index (χ1n) is 3.25. The van der Waals surface area contributed by atoms with E-state index in [2.05, 4.69) is 31.9 Å². The lowest BCUT2D eigenvalue weighted by Crippen LogP contribution is -2.28. The van der Waals surface area contributed by atoms with Gasteiger partial charge in [0.2, 0.25) is 0 Å². The molecule has 2 N–H and O–H groups in total. The van der Waals surface area contributed by atoms with Gasteiger partial charge in [0, 0.05) is 0 Å². The van der Waals surface area contributed by atoms with Gasteiger partial charge in [0.15, 0.2) is 0 Å². The molecule has 0 amide bonds. The Kier molecular flexibility index (Phi) is 5.90. The van der Waals surface area contributed by atoms with Crippen molar-refractivity contribution in [3.63, 3.8) is 0 Å². The van der Waals surface area contributed by atoms with Crippen molar-refractivity contribution in [2.75, 3.05) is 0 Å². The monoisotopic (exact) mass is 290 g/mol. The minimum Gasteiger partial charge on any atom is -0.390 e. The largest absolute Gasteiger partial charge is 0.390 e. The zero-order chi connectivity index (χ0) is 9.02. The van der Waals surface area contributed by atoms with Gasteiger partial charge >= 0.3 is 0 Å². The number of aliphatic hydroxyl groups is 2. The molecule has 3 nitrogen and oxygen atoms in total. The summed E-state index contributed by atoms with van der Waals surface area (Å²) in [6, 6.07) is 0. The van der Waals surface area contributed by atoms with Crippen LogP contribution in [0.3, 0.4) is 0 Å². The van der Waals surface area contributed by atoms with E-state index < -0.39 is 22.2 Å². The Labute approximate surface area is 83.0 Å². The second-order valence-electron chi connectivity index (χ2n) is 2.32. The van der Waals surface area contributed by atoms with E-state index in [1.54, 1.807) is 13.8 Å². The second kappa shape index (κ2) is 5.48. The van der Waals surface area contributed by atoms with E-state index in [0.717, 1.165) is 0 Å². The van der Waals surface area contributed by atoms with Crippen molar-refractivity contribution in [1.29, 1.82) is 0 Å². The van der Waals surface area contributed by atoms with Gasteiger partial charge in [0.1, 0.15) is 10.0 Å². The highest BCUT2D eigenvalue weighted by atomic mass is 79.9. The molecule has 0 radical (unpaired) electrons. The fourth-order valence-electron chi connectivity index (χ4n) is 0.352. The molecule has 0 aliphatic rings. The molecule has 4 unspecified atom stereocenters. The predicted molar refractivity (Wildman–Crippen MR) is 49.9 cm³/mol. The third-order valence-corrected chi connectivity index (χ3v) is 2.98. The van der Waals surface area contributed by atoms with E-state index in [0.29, 0.717) is 0 Å². The zero-order valence-electron chi connectivity index (χ0n) is 6.37. The smallest absolute Gasteiger partial charge is 0.139 e. The molecule has 11 heavy (non-hydrogen) atoms. The molecule has 0 fully saturated rings. The van der Waals surface area contributed by atoms with E-state index in [1.807, 2.05) is 0 Å². The van der Waals surface area contributed by atoms with Crippen LogP contribution in [0.15, 0.2) is 0 Å². The van der Waals surface area contributed by atoms with E-state index >= 15 is 0 Å². The molecule has 0 bridgehead atoms. The lowest BCUT2D eigenvalue weighted by atomic mass is 10.4. The van der Waals surface area contributed by atoms with Gasteiger partial charge in [-0.3, -0.25) is 0 Å². The van der Waals surface area contributed by atoms with Crippen molar-refractivity contribution >= 4 is 31.9 Å². The van der Waals surface area contributed by atoms with Crippen molar-refractivity contribution in [3.05, 3.63) is 0 Å². The molecule has 4 atom stereocenters. The zero-order valence-corrected chi connectivity index (χ0v) is 9.54. The van der Waals surface area contributed by atoms with Crippen LogP contribution in [0.25, 0.3) is 0 Å². The minimum absolute atomic E-state index is 0.457. The first-order chi connectivity index (χ1) is 4.95. The minimum atomic E-state index is -0.603. The van der Waals surface area contributed by atoms with Crippen molar-refractivity contribution in [2.24, 2.45) is 0 Å². The molecule has 0 aromatic rings. The Morgan fingerprint density at radius 1 is 1.00 bits per heavy atom. The van der Waals surface area contributed by atoms with Crippen LogP contribution in [0, 0.1) is 0 Å². The van der Waals surface area contributed by atoms with Gasteiger partial charge in [-0.1, -0.05) is 31.9 Å². The summed E-state index contributed by atoms with van der Waals surface area (Å²) in [5.74, 6) is 0. The van der Waals surface area contributed by atoms with Crippen LogP contribution in [0.2, 0.25) is 0 Å². The summed E-state index contributed by atoms with van der Waals surface area (Å²) in [6.07, 6.45) is -1.21. The third kappa shape index (κ3) is 5.14. The lowest BCUT2D eigenvalue weighted by molar-refractivity contribution is -0.0249. The topological polar surface area (TPSA) is 49.7 Å². The van der Waals surface area contributed by atoms with Crippen molar-refractivity contribution in [3.8, 4) is 0 Å². The maximum Gasteiger partial charge on any atom is 0.139 e. The Hall–Kier alpha value is 0.840. The summed E-state index contributed by atoms with van der Waals surface area (Å²) in [4.78, 5) is 0. The van der Waals surface area contributed by atoms with E-state index in [1.165, 1.54) is 0 Å². The number of alkyl halides is 2. The molecule has 5 heteroatoms. The average Bonchev–Trinajstić information content (AvgIpc) is 1.87. The molecule has 0 aliphatic carbocycles. The van der Waals surface area contributed by atoms with E-state index in [9.17, 15) is 0 Å². The van der Waals surface area contributed by atoms with Gasteiger partial charge in [0.25, 0.3) is 0 Å². The van der Waals surface area contributed by atoms with Crippen LogP contribution >= 0.6 is 31.9 Å². The number of ether oxygens (including phenoxy) is 1. The quantitative estimate of drug-likeness (QED) is 0.766. The summed E-state index contributed by atoms with van der Waals surface area (Å²) < 4.78 is 5.11. The Balaban J connectivity index is 3.66. The second-order valence-corrected chi connectivity index (χ2v) is 4.12. The van der Waals surface area contributed by atoms with Gasteiger partial charge in [-0.2, -0.15) is 0 Å². The maximum atomic E-state index is 8.98. The predicted octanol–water partition coefficient (Wildman–Crippen LogP) is 1.21. The van der Waals surface area contributed by atoms with Crippen molar-refractivity contribution < 1.29 is 14.9 Å². The number of rotatable bonds is 4. The summed E-state index contributed by atoms with van der Waals surface area (Å²) in [5, 5.41) is 17.0. The number of hydrogen-bond acceptors (Lipinski definition) is 3. The standard InChI is InChI=1S/C6H12Br2O3/c1-3(9)5(7)11-6(8)4(2)10/h3-6,9-10H,1-2H3. The summed E-state index contributed by atoms with van der Waals surface area (Å²) in [6.45, 7) is 3.20. The summed E-state index contributed by atoms with van der Waals surface area (Å²) in [7, 11) is 0. The van der Waals surface area contributed by atoms with E-state index in [4.69, 9.17) is 14.9 Å². The molecule has 0 rings (SSSR count). The van der Waals surface area contributed by atoms with Gasteiger partial charge in [-0.05, 0) is 13.8 Å². The molecule has 0 aliphatic heterocycles. The highest BCUT2D eigenvalue weighted by Gasteiger charge is 2.18. The Morgan fingerprint density at radius 3 is 1.45 bits per heavy atom. The van der Waals surface area contributed by atoms with Crippen LogP contribution < -0.4 is 0 Å². The van der Waals surface area contributed by atoms with Crippen LogP contribution in [-0.2, 0) is 4.74 Å². The van der Waals surface area contributed by atoms with E-state index in [-0.39, 0.29) is 0 Å². The number of hydrogen-bond donors (Lipinski definition) is 2. The van der Waals surface area contributed by atoms with Crippen LogP contribution in [0.4, 0.5) is 0 Å². The van der Waals surface area contributed by atoms with Crippen LogP contribution in [0.1, 0.15) is 13.8 Å². The van der Waals surface area contributed by atoms with Crippen molar-refractivity contribution in [1.82, 2.24) is 0 Å². The van der Waals surface area contributed by atoms with Crippen molar-refractivity contribution in [2.45, 2.75) is 36.1 Å². The maximum absolute atomic E-state index is 8.98. The molecule has 0 aromatic carbocycles. The van der Waals surface area contributed by atoms with Gasteiger partial charge in [-0.15, -0.1) is 0 Å². The SMILES string of the molecule is CC(O)C(Br)OC(Br)C(C)O. The molecule has 68 valence electrons. The van der Waals surface area contributed by atoms with Gasteiger partial charge in [0.05, 0.1) is 12.2 Å². The average molecular weight is 292 g/mol.